The molecule has 0 spiro atoms. The summed E-state index contributed by atoms with van der Waals surface area (Å²) in [7, 11) is 0. The Hall–Kier alpha value is -1.86. The van der Waals surface area contributed by atoms with Gasteiger partial charge in [0.15, 0.2) is 0 Å². The maximum absolute atomic E-state index is 11.2. The van der Waals surface area contributed by atoms with Gasteiger partial charge >= 0.3 is 0 Å². The molecule has 248 valence electrons. The van der Waals surface area contributed by atoms with Crippen LogP contribution in [0.25, 0.3) is 0 Å². The second-order valence-corrected chi connectivity index (χ2v) is 14.5. The smallest absolute Gasteiger partial charge is 0.123 e. The standard InChI is InChI=1S/C36H54Cl2O6/c1-4-5-13-24-14-8-6-11-22(2)36(44)27-20-30(41)34(31(42)21-27)25(16-10-17-32(37)38)15-9-7-12-23(3)35(43)26-18-28(39)33(24)29(40)19-26/h18-25,32,35-36,39-44H,4-17H2,1-3H3/t22-,23-,24-,25+,35+,36+/m0/s1. The number of alkyl halides is 2. The minimum atomic E-state index is -0.838. The summed E-state index contributed by atoms with van der Waals surface area (Å²) >= 11 is 12.0. The predicted molar refractivity (Wildman–Crippen MR) is 179 cm³/mol. The molecule has 6 atom stereocenters. The van der Waals surface area contributed by atoms with Crippen molar-refractivity contribution in [2.24, 2.45) is 11.8 Å². The molecule has 8 heteroatoms. The number of rotatable bonds is 7. The molecule has 0 aromatic heterocycles. The van der Waals surface area contributed by atoms with Crippen LogP contribution in [0.3, 0.4) is 0 Å². The van der Waals surface area contributed by atoms with Crippen LogP contribution in [0.1, 0.15) is 157 Å². The predicted octanol–water partition coefficient (Wildman–Crippen LogP) is 10.0. The Kier molecular flexibility index (Phi) is 14.8. The van der Waals surface area contributed by atoms with E-state index >= 15 is 0 Å². The summed E-state index contributed by atoms with van der Waals surface area (Å²) in [6, 6.07) is 6.42. The number of hydrogen-bond acceptors (Lipinski definition) is 6. The van der Waals surface area contributed by atoms with Crippen molar-refractivity contribution in [1.29, 1.82) is 0 Å². The first-order chi connectivity index (χ1) is 20.9. The molecule has 6 N–H and O–H groups in total. The summed E-state index contributed by atoms with van der Waals surface area (Å²) < 4.78 is 0. The Morgan fingerprint density at radius 1 is 0.636 bits per heavy atom. The van der Waals surface area contributed by atoms with Gasteiger partial charge in [0, 0.05) is 11.1 Å². The van der Waals surface area contributed by atoms with Gasteiger partial charge in [0.1, 0.15) is 27.8 Å². The van der Waals surface area contributed by atoms with Crippen LogP contribution in [0.2, 0.25) is 0 Å². The summed E-state index contributed by atoms with van der Waals surface area (Å²) in [4.78, 5) is -0.477. The molecule has 6 nitrogen and oxygen atoms in total. The summed E-state index contributed by atoms with van der Waals surface area (Å²) in [5.41, 5.74) is 2.06. The molecular formula is C36H54Cl2O6. The summed E-state index contributed by atoms with van der Waals surface area (Å²) in [5.74, 6) is -0.258. The van der Waals surface area contributed by atoms with E-state index in [4.69, 9.17) is 23.2 Å². The highest BCUT2D eigenvalue weighted by molar-refractivity contribution is 6.44. The van der Waals surface area contributed by atoms with Crippen LogP contribution in [-0.4, -0.2) is 35.5 Å². The molecule has 2 aromatic rings. The number of hydrogen-bond donors (Lipinski definition) is 6. The Morgan fingerprint density at radius 2 is 1.00 bits per heavy atom. The largest absolute Gasteiger partial charge is 0.508 e. The monoisotopic (exact) mass is 652 g/mol. The number of aromatic hydroxyl groups is 4. The van der Waals surface area contributed by atoms with Gasteiger partial charge in [-0.25, -0.2) is 0 Å². The van der Waals surface area contributed by atoms with E-state index in [0.29, 0.717) is 41.5 Å². The van der Waals surface area contributed by atoms with Crippen molar-refractivity contribution in [2.75, 3.05) is 0 Å². The van der Waals surface area contributed by atoms with Gasteiger partial charge in [-0.15, -0.1) is 23.2 Å². The molecule has 4 aliphatic carbocycles. The zero-order chi connectivity index (χ0) is 32.4. The van der Waals surface area contributed by atoms with E-state index in [0.717, 1.165) is 70.6 Å². The van der Waals surface area contributed by atoms with Crippen molar-refractivity contribution in [3.05, 3.63) is 46.5 Å². The fourth-order valence-corrected chi connectivity index (χ4v) is 7.30. The lowest BCUT2D eigenvalue weighted by molar-refractivity contribution is 0.110. The maximum atomic E-state index is 11.2. The molecule has 0 saturated heterocycles. The highest BCUT2D eigenvalue weighted by Crippen LogP contribution is 2.45. The third-order valence-corrected chi connectivity index (χ3v) is 10.1. The van der Waals surface area contributed by atoms with Crippen LogP contribution in [-0.2, 0) is 0 Å². The number of aliphatic hydroxyl groups is 2. The molecule has 4 bridgehead atoms. The lowest BCUT2D eigenvalue weighted by atomic mass is 9.83. The van der Waals surface area contributed by atoms with Crippen LogP contribution in [0, 0.1) is 11.8 Å². The van der Waals surface area contributed by atoms with Gasteiger partial charge in [0.2, 0.25) is 0 Å². The van der Waals surface area contributed by atoms with E-state index in [9.17, 15) is 30.6 Å². The Balaban J connectivity index is 1.91. The van der Waals surface area contributed by atoms with E-state index in [2.05, 4.69) is 6.92 Å². The minimum absolute atomic E-state index is 0.00288. The summed E-state index contributed by atoms with van der Waals surface area (Å²) in [6.07, 6.45) is 9.49. The average molecular weight is 654 g/mol. The van der Waals surface area contributed by atoms with E-state index < -0.39 is 17.0 Å². The first kappa shape index (κ1) is 36.6. The van der Waals surface area contributed by atoms with Gasteiger partial charge < -0.3 is 30.6 Å². The van der Waals surface area contributed by atoms with Gasteiger partial charge in [0.25, 0.3) is 0 Å². The van der Waals surface area contributed by atoms with Crippen molar-refractivity contribution < 1.29 is 30.6 Å². The highest BCUT2D eigenvalue weighted by atomic mass is 35.5. The lowest BCUT2D eigenvalue weighted by Gasteiger charge is -2.25. The molecular weight excluding hydrogens is 599 g/mol. The topological polar surface area (TPSA) is 121 Å². The summed E-state index contributed by atoms with van der Waals surface area (Å²) in [6.45, 7) is 6.07. The zero-order valence-corrected chi connectivity index (χ0v) is 28.2. The van der Waals surface area contributed by atoms with Crippen molar-refractivity contribution in [3.63, 3.8) is 0 Å². The quantitative estimate of drug-likeness (QED) is 0.166. The van der Waals surface area contributed by atoms with Gasteiger partial charge in [-0.05, 0) is 104 Å². The third kappa shape index (κ3) is 10.1. The van der Waals surface area contributed by atoms with E-state index in [1.165, 1.54) is 0 Å². The SMILES string of the molecule is CCCC[C@H]1CCCC[C@H](C)[C@@H](O)c2cc(O)c(c(O)c2)[C@@H](CCCC(Cl)Cl)CCCC[C@H](C)[C@@H](O)c2cc(O)c1c(O)c2. The zero-order valence-electron chi connectivity index (χ0n) is 26.7. The van der Waals surface area contributed by atoms with Crippen molar-refractivity contribution in [1.82, 2.24) is 0 Å². The van der Waals surface area contributed by atoms with Gasteiger partial charge in [-0.1, -0.05) is 65.7 Å². The number of phenols is 4. The van der Waals surface area contributed by atoms with Crippen LogP contribution >= 0.6 is 23.2 Å². The molecule has 44 heavy (non-hydrogen) atoms. The molecule has 0 radical (unpaired) electrons. The Bertz CT molecular complexity index is 1130. The average Bonchev–Trinajstić information content (AvgIpc) is 2.96. The maximum Gasteiger partial charge on any atom is 0.123 e. The first-order valence-electron chi connectivity index (χ1n) is 16.7. The molecule has 0 heterocycles. The normalized spacial score (nSPS) is 26.0. The first-order valence-corrected chi connectivity index (χ1v) is 17.6. The van der Waals surface area contributed by atoms with Crippen LogP contribution in [0.5, 0.6) is 23.0 Å². The van der Waals surface area contributed by atoms with E-state index in [1.807, 2.05) is 13.8 Å². The molecule has 2 aromatic carbocycles. The van der Waals surface area contributed by atoms with Gasteiger partial charge in [-0.2, -0.15) is 0 Å². The van der Waals surface area contributed by atoms with Crippen LogP contribution in [0.15, 0.2) is 24.3 Å². The number of phenolic OH excluding ortho intramolecular Hbond substituents is 4. The summed E-state index contributed by atoms with van der Waals surface area (Å²) in [5, 5.41) is 66.6. The lowest BCUT2D eigenvalue weighted by Crippen LogP contribution is -2.12. The molecule has 0 aliphatic heterocycles. The van der Waals surface area contributed by atoms with E-state index in [1.54, 1.807) is 24.3 Å². The Labute approximate surface area is 274 Å². The molecule has 0 amide bonds. The Morgan fingerprint density at radius 3 is 1.36 bits per heavy atom. The fraction of sp³-hybridized carbons (Fsp3) is 0.667. The highest BCUT2D eigenvalue weighted by Gasteiger charge is 2.27. The van der Waals surface area contributed by atoms with Gasteiger partial charge in [0.05, 0.1) is 12.2 Å². The number of aliphatic hydroxyl groups excluding tert-OH is 2. The molecule has 4 aliphatic rings. The van der Waals surface area contributed by atoms with Crippen molar-refractivity contribution in [2.45, 2.75) is 140 Å². The molecule has 0 saturated carbocycles. The van der Waals surface area contributed by atoms with Crippen LogP contribution in [0.4, 0.5) is 0 Å². The molecule has 0 unspecified atom stereocenters. The third-order valence-electron chi connectivity index (χ3n) is 9.70. The number of unbranched alkanes of at least 4 members (excludes halogenated alkanes) is 1. The minimum Gasteiger partial charge on any atom is -0.508 e. The van der Waals surface area contributed by atoms with Crippen molar-refractivity contribution >= 4 is 23.2 Å². The second-order valence-electron chi connectivity index (χ2n) is 13.2. The molecule has 6 rings (SSSR count). The fourth-order valence-electron chi connectivity index (χ4n) is 6.99. The van der Waals surface area contributed by atoms with Gasteiger partial charge in [-0.3, -0.25) is 0 Å². The van der Waals surface area contributed by atoms with Crippen LogP contribution < -0.4 is 0 Å². The van der Waals surface area contributed by atoms with E-state index in [-0.39, 0.29) is 46.7 Å². The number of benzene rings is 2. The molecule has 0 fully saturated rings. The second kappa shape index (κ2) is 17.7. The van der Waals surface area contributed by atoms with Crippen molar-refractivity contribution in [3.8, 4) is 23.0 Å². The number of halogens is 2.